The van der Waals surface area contributed by atoms with Crippen molar-refractivity contribution in [1.82, 2.24) is 0 Å². The zero-order valence-electron chi connectivity index (χ0n) is 16.3. The maximum Gasteiger partial charge on any atom is 0.414 e. The van der Waals surface area contributed by atoms with Crippen LogP contribution in [0.25, 0.3) is 0 Å². The van der Waals surface area contributed by atoms with Gasteiger partial charge in [0, 0.05) is 12.2 Å². The zero-order chi connectivity index (χ0) is 19.6. The molecule has 0 spiro atoms. The van der Waals surface area contributed by atoms with E-state index in [2.05, 4.69) is 5.32 Å². The van der Waals surface area contributed by atoms with Gasteiger partial charge in [-0.1, -0.05) is 13.0 Å². The van der Waals surface area contributed by atoms with Crippen molar-refractivity contribution in [3.05, 3.63) is 45.6 Å². The van der Waals surface area contributed by atoms with Gasteiger partial charge in [0.25, 0.3) is 5.91 Å². The molecule has 0 aliphatic carbocycles. The highest BCUT2D eigenvalue weighted by molar-refractivity contribution is 7.12. The molecular weight excluding hydrogens is 360 g/mol. The fourth-order valence-electron chi connectivity index (χ4n) is 3.16. The normalized spacial score (nSPS) is 13.9. The minimum absolute atomic E-state index is 0.110. The topological polar surface area (TPSA) is 58.6 Å². The summed E-state index contributed by atoms with van der Waals surface area (Å²) in [7, 11) is 0. The second-order valence-corrected chi connectivity index (χ2v) is 8.58. The van der Waals surface area contributed by atoms with E-state index in [-0.39, 0.29) is 12.0 Å². The number of thiophene rings is 1. The lowest BCUT2D eigenvalue weighted by molar-refractivity contribution is 0.0577. The standard InChI is InChI=1S/C21H26N2O3S/c1-5-14-10-12-27-18(14)19(24)22-16-9-8-15-7-6-11-23(17(15)13-16)20(25)26-21(2,3)4/h8-10,12-13H,5-7,11H2,1-4H3,(H,22,24). The predicted molar refractivity (Wildman–Crippen MR) is 110 cm³/mol. The van der Waals surface area contributed by atoms with Crippen LogP contribution in [-0.4, -0.2) is 24.1 Å². The van der Waals surface area contributed by atoms with E-state index in [4.69, 9.17) is 4.74 Å². The minimum Gasteiger partial charge on any atom is -0.443 e. The summed E-state index contributed by atoms with van der Waals surface area (Å²) in [5, 5.41) is 4.90. The van der Waals surface area contributed by atoms with Gasteiger partial charge in [-0.2, -0.15) is 0 Å². The Kier molecular flexibility index (Phi) is 5.56. The number of rotatable bonds is 3. The summed E-state index contributed by atoms with van der Waals surface area (Å²) in [4.78, 5) is 27.6. The van der Waals surface area contributed by atoms with E-state index in [1.807, 2.05) is 57.3 Å². The number of ether oxygens (including phenoxy) is 1. The Bertz CT molecular complexity index is 851. The number of carbonyl (C=O) groups is 2. The van der Waals surface area contributed by atoms with E-state index in [1.54, 1.807) is 4.90 Å². The van der Waals surface area contributed by atoms with Crippen molar-refractivity contribution in [2.24, 2.45) is 0 Å². The van der Waals surface area contributed by atoms with Crippen LogP contribution in [0.5, 0.6) is 0 Å². The third-order valence-electron chi connectivity index (χ3n) is 4.41. The number of carbonyl (C=O) groups excluding carboxylic acids is 2. The van der Waals surface area contributed by atoms with Crippen molar-refractivity contribution in [2.45, 2.75) is 52.6 Å². The molecule has 1 aromatic carbocycles. The number of fused-ring (bicyclic) bond motifs is 1. The summed E-state index contributed by atoms with van der Waals surface area (Å²) >= 11 is 1.45. The molecular formula is C21H26N2O3S. The van der Waals surface area contributed by atoms with Gasteiger partial charge in [0.05, 0.1) is 10.6 Å². The third-order valence-corrected chi connectivity index (χ3v) is 5.37. The van der Waals surface area contributed by atoms with E-state index < -0.39 is 5.60 Å². The van der Waals surface area contributed by atoms with Crippen LogP contribution in [-0.2, 0) is 17.6 Å². The highest BCUT2D eigenvalue weighted by atomic mass is 32.1. The quantitative estimate of drug-likeness (QED) is 0.784. The monoisotopic (exact) mass is 386 g/mol. The SMILES string of the molecule is CCc1ccsc1C(=O)Nc1ccc2c(c1)N(C(=O)OC(C)(C)C)CCC2. The number of aryl methyl sites for hydroxylation is 2. The first kappa shape index (κ1) is 19.4. The molecule has 5 nitrogen and oxygen atoms in total. The average molecular weight is 387 g/mol. The van der Waals surface area contributed by atoms with Crippen molar-refractivity contribution in [3.63, 3.8) is 0 Å². The van der Waals surface area contributed by atoms with Crippen molar-refractivity contribution in [3.8, 4) is 0 Å². The second-order valence-electron chi connectivity index (χ2n) is 7.66. The van der Waals surface area contributed by atoms with Gasteiger partial charge in [0.15, 0.2) is 0 Å². The lowest BCUT2D eigenvalue weighted by Gasteiger charge is -2.32. The van der Waals surface area contributed by atoms with Gasteiger partial charge in [-0.05, 0) is 74.7 Å². The van der Waals surface area contributed by atoms with Gasteiger partial charge in [0.2, 0.25) is 0 Å². The number of nitrogens with zero attached hydrogens (tertiary/aromatic N) is 1. The molecule has 0 radical (unpaired) electrons. The maximum absolute atomic E-state index is 12.6. The van der Waals surface area contributed by atoms with Crippen LogP contribution in [0.3, 0.4) is 0 Å². The van der Waals surface area contributed by atoms with Gasteiger partial charge < -0.3 is 10.1 Å². The summed E-state index contributed by atoms with van der Waals surface area (Å²) in [5.74, 6) is -0.110. The van der Waals surface area contributed by atoms with Gasteiger partial charge in [-0.3, -0.25) is 9.69 Å². The predicted octanol–water partition coefficient (Wildman–Crippen LogP) is 5.25. The van der Waals surface area contributed by atoms with Crippen LogP contribution in [0.1, 0.15) is 54.9 Å². The van der Waals surface area contributed by atoms with Gasteiger partial charge in [-0.15, -0.1) is 11.3 Å². The fraction of sp³-hybridized carbons (Fsp3) is 0.429. The average Bonchev–Trinajstić information content (AvgIpc) is 3.08. The summed E-state index contributed by atoms with van der Waals surface area (Å²) in [5.41, 5.74) is 3.09. The minimum atomic E-state index is -0.545. The van der Waals surface area contributed by atoms with E-state index in [0.717, 1.165) is 41.0 Å². The summed E-state index contributed by atoms with van der Waals surface area (Å²) in [6.07, 6.45) is 2.28. The molecule has 0 unspecified atom stereocenters. The molecule has 144 valence electrons. The molecule has 3 rings (SSSR count). The molecule has 0 saturated carbocycles. The van der Waals surface area contributed by atoms with E-state index in [0.29, 0.717) is 12.2 Å². The number of benzene rings is 1. The molecule has 0 atom stereocenters. The van der Waals surface area contributed by atoms with Crippen LogP contribution in [0.15, 0.2) is 29.6 Å². The Hall–Kier alpha value is -2.34. The Morgan fingerprint density at radius 1 is 1.26 bits per heavy atom. The van der Waals surface area contributed by atoms with Crippen LogP contribution >= 0.6 is 11.3 Å². The number of hydrogen-bond acceptors (Lipinski definition) is 4. The first-order valence-electron chi connectivity index (χ1n) is 9.29. The van der Waals surface area contributed by atoms with Crippen molar-refractivity contribution >= 4 is 34.7 Å². The number of amides is 2. The van der Waals surface area contributed by atoms with Gasteiger partial charge >= 0.3 is 6.09 Å². The number of anilines is 2. The van der Waals surface area contributed by atoms with E-state index in [9.17, 15) is 9.59 Å². The van der Waals surface area contributed by atoms with Crippen molar-refractivity contribution < 1.29 is 14.3 Å². The molecule has 6 heteroatoms. The molecule has 0 saturated heterocycles. The van der Waals surface area contributed by atoms with Gasteiger partial charge in [-0.25, -0.2) is 4.79 Å². The smallest absolute Gasteiger partial charge is 0.414 e. The molecule has 2 aromatic rings. The number of nitrogens with one attached hydrogen (secondary N) is 1. The molecule has 0 bridgehead atoms. The van der Waals surface area contributed by atoms with Crippen LogP contribution in [0.4, 0.5) is 16.2 Å². The van der Waals surface area contributed by atoms with Crippen LogP contribution in [0.2, 0.25) is 0 Å². The summed E-state index contributed by atoms with van der Waals surface area (Å²) in [6, 6.07) is 7.73. The van der Waals surface area contributed by atoms with Gasteiger partial charge in [0.1, 0.15) is 5.60 Å². The molecule has 1 aromatic heterocycles. The largest absolute Gasteiger partial charge is 0.443 e. The van der Waals surface area contributed by atoms with E-state index in [1.165, 1.54) is 11.3 Å². The van der Waals surface area contributed by atoms with Crippen LogP contribution < -0.4 is 10.2 Å². The summed E-state index contributed by atoms with van der Waals surface area (Å²) in [6.45, 7) is 8.23. The fourth-order valence-corrected chi connectivity index (χ4v) is 4.05. The molecule has 2 amide bonds. The molecule has 1 aliphatic rings. The molecule has 0 fully saturated rings. The lowest BCUT2D eigenvalue weighted by Crippen LogP contribution is -2.39. The second kappa shape index (κ2) is 7.72. The zero-order valence-corrected chi connectivity index (χ0v) is 17.1. The lowest BCUT2D eigenvalue weighted by atomic mass is 10.0. The van der Waals surface area contributed by atoms with E-state index >= 15 is 0 Å². The van der Waals surface area contributed by atoms with Crippen LogP contribution in [0, 0.1) is 0 Å². The number of hydrogen-bond donors (Lipinski definition) is 1. The Balaban J connectivity index is 1.83. The molecule has 2 heterocycles. The first-order valence-corrected chi connectivity index (χ1v) is 10.2. The first-order chi connectivity index (χ1) is 12.8. The maximum atomic E-state index is 12.6. The molecule has 1 aliphatic heterocycles. The molecule has 1 N–H and O–H groups in total. The highest BCUT2D eigenvalue weighted by Gasteiger charge is 2.27. The Morgan fingerprint density at radius 3 is 2.74 bits per heavy atom. The molecule has 27 heavy (non-hydrogen) atoms. The Morgan fingerprint density at radius 2 is 2.04 bits per heavy atom. The van der Waals surface area contributed by atoms with Crippen molar-refractivity contribution in [2.75, 3.05) is 16.8 Å². The highest BCUT2D eigenvalue weighted by Crippen LogP contribution is 2.32. The third kappa shape index (κ3) is 4.50. The summed E-state index contributed by atoms with van der Waals surface area (Å²) < 4.78 is 5.55. The Labute approximate surface area is 164 Å². The van der Waals surface area contributed by atoms with Crippen molar-refractivity contribution in [1.29, 1.82) is 0 Å².